The molecule has 0 aliphatic heterocycles. The van der Waals surface area contributed by atoms with E-state index in [9.17, 15) is 4.79 Å². The summed E-state index contributed by atoms with van der Waals surface area (Å²) in [5, 5.41) is 2.55. The third kappa shape index (κ3) is 1.26. The molecular weight excluding hydrogens is 144 g/mol. The first-order chi connectivity index (χ1) is 4.20. The molecule has 0 fully saturated rings. The zero-order valence-corrected chi connectivity index (χ0v) is 5.34. The maximum Gasteiger partial charge on any atom is 0.293 e. The molecule has 1 aromatic heterocycles. The van der Waals surface area contributed by atoms with Gasteiger partial charge in [-0.3, -0.25) is 4.79 Å². The van der Waals surface area contributed by atoms with Crippen molar-refractivity contribution >= 4 is 16.8 Å². The van der Waals surface area contributed by atoms with Crippen LogP contribution in [0.4, 0.5) is 0 Å². The van der Waals surface area contributed by atoms with Gasteiger partial charge in [-0.1, -0.05) is 5.16 Å². The predicted octanol–water partition coefficient (Wildman–Crippen LogP) is 0.757. The van der Waals surface area contributed by atoms with Crippen LogP contribution in [0.25, 0.3) is 0 Å². The first-order valence-electron chi connectivity index (χ1n) is 2.20. The SMILES string of the molecule is Cc1nc(C(=O)Cl)no1. The number of carbonyl (C=O) groups excluding carboxylic acids is 1. The Labute approximate surface area is 55.8 Å². The fourth-order valence-electron chi connectivity index (χ4n) is 0.379. The average Bonchev–Trinajstić information content (AvgIpc) is 2.14. The molecule has 9 heavy (non-hydrogen) atoms. The molecule has 0 radical (unpaired) electrons. The third-order valence-electron chi connectivity index (χ3n) is 0.703. The van der Waals surface area contributed by atoms with Crippen molar-refractivity contribution in [2.75, 3.05) is 0 Å². The van der Waals surface area contributed by atoms with Gasteiger partial charge in [0.1, 0.15) is 0 Å². The largest absolute Gasteiger partial charge is 0.339 e. The van der Waals surface area contributed by atoms with Crippen molar-refractivity contribution in [2.24, 2.45) is 0 Å². The molecule has 1 aromatic rings. The summed E-state index contributed by atoms with van der Waals surface area (Å²) in [6.07, 6.45) is 0. The van der Waals surface area contributed by atoms with Gasteiger partial charge >= 0.3 is 0 Å². The fraction of sp³-hybridized carbons (Fsp3) is 0.250. The lowest BCUT2D eigenvalue weighted by Gasteiger charge is -1.72. The maximum absolute atomic E-state index is 10.2. The molecule has 0 saturated carbocycles. The zero-order chi connectivity index (χ0) is 6.85. The Bertz CT molecular complexity index is 232. The van der Waals surface area contributed by atoms with Crippen molar-refractivity contribution in [3.63, 3.8) is 0 Å². The van der Waals surface area contributed by atoms with E-state index in [4.69, 9.17) is 11.6 Å². The molecule has 0 aromatic carbocycles. The van der Waals surface area contributed by atoms with Gasteiger partial charge in [0.15, 0.2) is 0 Å². The molecule has 0 spiro atoms. The van der Waals surface area contributed by atoms with Crippen molar-refractivity contribution in [3.8, 4) is 0 Å². The van der Waals surface area contributed by atoms with Gasteiger partial charge in [0.25, 0.3) is 11.1 Å². The molecule has 1 heterocycles. The normalized spacial score (nSPS) is 9.56. The zero-order valence-electron chi connectivity index (χ0n) is 4.59. The lowest BCUT2D eigenvalue weighted by Crippen LogP contribution is -1.90. The van der Waals surface area contributed by atoms with Crippen LogP contribution >= 0.6 is 11.6 Å². The van der Waals surface area contributed by atoms with E-state index in [0.29, 0.717) is 5.89 Å². The van der Waals surface area contributed by atoms with Crippen LogP contribution in [0.15, 0.2) is 4.52 Å². The number of rotatable bonds is 1. The molecule has 0 aliphatic rings. The Morgan fingerprint density at radius 3 is 2.67 bits per heavy atom. The van der Waals surface area contributed by atoms with Gasteiger partial charge in [0, 0.05) is 6.92 Å². The summed E-state index contributed by atoms with van der Waals surface area (Å²) < 4.78 is 4.46. The molecule has 1 rings (SSSR count). The molecule has 0 N–H and O–H groups in total. The molecule has 0 unspecified atom stereocenters. The van der Waals surface area contributed by atoms with E-state index in [2.05, 4.69) is 14.7 Å². The van der Waals surface area contributed by atoms with E-state index in [1.165, 1.54) is 0 Å². The van der Waals surface area contributed by atoms with Gasteiger partial charge in [-0.05, 0) is 11.6 Å². The minimum atomic E-state index is -0.702. The van der Waals surface area contributed by atoms with Crippen molar-refractivity contribution in [1.82, 2.24) is 10.1 Å². The number of carbonyl (C=O) groups is 1. The van der Waals surface area contributed by atoms with Crippen LogP contribution in [0.1, 0.15) is 16.5 Å². The summed E-state index contributed by atoms with van der Waals surface area (Å²) in [6.45, 7) is 1.58. The van der Waals surface area contributed by atoms with Gasteiger partial charge in [-0.25, -0.2) is 0 Å². The Kier molecular flexibility index (Phi) is 1.48. The second-order valence-electron chi connectivity index (χ2n) is 1.41. The van der Waals surface area contributed by atoms with Crippen molar-refractivity contribution in [1.29, 1.82) is 0 Å². The molecule has 0 aliphatic carbocycles. The highest BCUT2D eigenvalue weighted by Crippen LogP contribution is 1.97. The molecule has 0 bridgehead atoms. The van der Waals surface area contributed by atoms with E-state index in [1.54, 1.807) is 6.92 Å². The van der Waals surface area contributed by atoms with E-state index in [1.807, 2.05) is 0 Å². The highest BCUT2D eigenvalue weighted by Gasteiger charge is 2.07. The number of hydrogen-bond acceptors (Lipinski definition) is 4. The molecule has 4 nitrogen and oxygen atoms in total. The van der Waals surface area contributed by atoms with Crippen LogP contribution in [0.5, 0.6) is 0 Å². The Morgan fingerprint density at radius 1 is 1.78 bits per heavy atom. The molecule has 0 saturated heterocycles. The van der Waals surface area contributed by atoms with Gasteiger partial charge < -0.3 is 4.52 Å². The number of hydrogen-bond donors (Lipinski definition) is 0. The Morgan fingerprint density at radius 2 is 2.44 bits per heavy atom. The summed E-state index contributed by atoms with van der Waals surface area (Å²) in [4.78, 5) is 13.8. The van der Waals surface area contributed by atoms with Crippen LogP contribution in [0.3, 0.4) is 0 Å². The minimum Gasteiger partial charge on any atom is -0.339 e. The Hall–Kier alpha value is -0.900. The summed E-state index contributed by atoms with van der Waals surface area (Å²) in [5.41, 5.74) is 0. The van der Waals surface area contributed by atoms with Crippen LogP contribution in [0.2, 0.25) is 0 Å². The second-order valence-corrected chi connectivity index (χ2v) is 1.75. The summed E-state index contributed by atoms with van der Waals surface area (Å²) >= 11 is 4.99. The fourth-order valence-corrected chi connectivity index (χ4v) is 0.456. The average molecular weight is 147 g/mol. The van der Waals surface area contributed by atoms with Gasteiger partial charge in [0.2, 0.25) is 5.89 Å². The van der Waals surface area contributed by atoms with Gasteiger partial charge in [0.05, 0.1) is 0 Å². The smallest absolute Gasteiger partial charge is 0.293 e. The van der Waals surface area contributed by atoms with Crippen molar-refractivity contribution in [2.45, 2.75) is 6.92 Å². The third-order valence-corrected chi connectivity index (χ3v) is 0.872. The Balaban J connectivity index is 2.98. The standard InChI is InChI=1S/C4H3ClN2O2/c1-2-6-4(3(5)8)7-9-2/h1H3. The number of halogens is 1. The first-order valence-corrected chi connectivity index (χ1v) is 2.58. The predicted molar refractivity (Wildman–Crippen MR) is 29.2 cm³/mol. The summed E-state index contributed by atoms with van der Waals surface area (Å²) in [7, 11) is 0. The van der Waals surface area contributed by atoms with E-state index in [0.717, 1.165) is 0 Å². The van der Waals surface area contributed by atoms with E-state index < -0.39 is 5.24 Å². The summed E-state index contributed by atoms with van der Waals surface area (Å²) in [6, 6.07) is 0. The maximum atomic E-state index is 10.2. The molecular formula is C4H3ClN2O2. The van der Waals surface area contributed by atoms with Crippen molar-refractivity contribution in [3.05, 3.63) is 11.7 Å². The molecule has 0 atom stereocenters. The quantitative estimate of drug-likeness (QED) is 0.549. The van der Waals surface area contributed by atoms with Crippen LogP contribution < -0.4 is 0 Å². The topological polar surface area (TPSA) is 56.0 Å². The number of aromatic nitrogens is 2. The van der Waals surface area contributed by atoms with Crippen LogP contribution in [0, 0.1) is 6.92 Å². The van der Waals surface area contributed by atoms with E-state index in [-0.39, 0.29) is 5.82 Å². The summed E-state index contributed by atoms with van der Waals surface area (Å²) in [5.74, 6) is 0.244. The minimum absolute atomic E-state index is 0.0887. The number of nitrogens with zero attached hydrogens (tertiary/aromatic N) is 2. The highest BCUT2D eigenvalue weighted by atomic mass is 35.5. The van der Waals surface area contributed by atoms with Crippen LogP contribution in [-0.2, 0) is 0 Å². The van der Waals surface area contributed by atoms with Crippen molar-refractivity contribution < 1.29 is 9.32 Å². The van der Waals surface area contributed by atoms with Crippen LogP contribution in [-0.4, -0.2) is 15.4 Å². The van der Waals surface area contributed by atoms with E-state index >= 15 is 0 Å². The first kappa shape index (κ1) is 6.22. The lowest BCUT2D eigenvalue weighted by atomic mass is 10.7. The highest BCUT2D eigenvalue weighted by molar-refractivity contribution is 6.67. The molecule has 0 amide bonds. The monoisotopic (exact) mass is 146 g/mol. The molecule has 5 heteroatoms. The number of aryl methyl sites for hydroxylation is 1. The second kappa shape index (κ2) is 2.14. The molecule has 48 valence electrons. The lowest BCUT2D eigenvalue weighted by molar-refractivity contribution is 0.107. The van der Waals surface area contributed by atoms with Gasteiger partial charge in [-0.15, -0.1) is 0 Å². The van der Waals surface area contributed by atoms with Gasteiger partial charge in [-0.2, -0.15) is 4.98 Å².